The van der Waals surface area contributed by atoms with Crippen LogP contribution in [0.15, 0.2) is 218 Å². The molecule has 10 aromatic rings. The van der Waals surface area contributed by atoms with E-state index >= 15 is 0 Å². The Hall–Kier alpha value is -9.80. The number of hydrogen-bond donors (Lipinski definition) is 0. The Morgan fingerprint density at radius 1 is 0.313 bits per heavy atom. The number of carbonyl (C=O) groups excluding carboxylic acids is 4. The SMILES string of the molecule is CCCCCC(=O)OC1CCC(OC(=O)CCCCC)c2cc(N(c3ccc(C4(c5ccc(N(c6ccc7c(c6)C(OC(=O)CCCCC)CCC7OC(=O)CCCCC)c6ccc7ccccc7c6)cc5)c5ccccc5-c5ccccc54)cc3)c3ccc4ccccc4c3)ccc21. The van der Waals surface area contributed by atoms with Crippen molar-refractivity contribution in [2.45, 2.75) is 186 Å². The second kappa shape index (κ2) is 31.4. The van der Waals surface area contributed by atoms with Crippen molar-refractivity contribution in [2.24, 2.45) is 0 Å². The monoisotopic (exact) mass is 1320 g/mol. The standard InChI is InChI=1S/C89H92N2O8/c1-5-9-13-33-85(92)96-81-53-55-83(98-87(94)35-15-11-7-3)77-59-71(49-51-75(77)81)90(69-43-37-61-25-17-19-27-63(61)57-69)67-45-39-65(40-46-67)89(79-31-23-21-29-73(79)74-30-22-24-32-80(74)89)66-41-47-68(48-42-66)91(70-44-38-62-26-18-20-28-64(62)58-70)72-50-52-76-78(60-72)84(99-88(95)36-16-12-8-4)56-54-82(76)97-86(93)34-14-10-6-2/h17-32,37-52,57-60,81-84H,5-16,33-36,53-56H2,1-4H3. The first-order valence-electron chi connectivity index (χ1n) is 36.6. The number of esters is 4. The fourth-order valence-corrected chi connectivity index (χ4v) is 15.5. The molecule has 0 spiro atoms. The average molecular weight is 1320 g/mol. The van der Waals surface area contributed by atoms with Gasteiger partial charge in [-0.25, -0.2) is 0 Å². The van der Waals surface area contributed by atoms with Gasteiger partial charge in [0.15, 0.2) is 0 Å². The highest BCUT2D eigenvalue weighted by Gasteiger charge is 2.46. The highest BCUT2D eigenvalue weighted by Crippen LogP contribution is 2.57. The molecule has 4 atom stereocenters. The van der Waals surface area contributed by atoms with Gasteiger partial charge >= 0.3 is 23.9 Å². The predicted octanol–water partition coefficient (Wildman–Crippen LogP) is 23.5. The maximum atomic E-state index is 13.6. The second-order valence-corrected chi connectivity index (χ2v) is 27.2. The largest absolute Gasteiger partial charge is 0.457 e. The first-order chi connectivity index (χ1) is 48.6. The van der Waals surface area contributed by atoms with Gasteiger partial charge in [-0.05, 0) is 190 Å². The zero-order valence-electron chi connectivity index (χ0n) is 57.9. The summed E-state index contributed by atoms with van der Waals surface area (Å²) in [5, 5.41) is 4.46. The molecule has 0 bridgehead atoms. The third-order valence-electron chi connectivity index (χ3n) is 20.5. The molecule has 10 aromatic carbocycles. The average Bonchev–Trinajstić information content (AvgIpc) is 1.56. The van der Waals surface area contributed by atoms with E-state index in [4.69, 9.17) is 18.9 Å². The van der Waals surface area contributed by atoms with Gasteiger partial charge in [0.25, 0.3) is 0 Å². The number of carbonyl (C=O) groups is 4. The van der Waals surface area contributed by atoms with E-state index < -0.39 is 29.8 Å². The van der Waals surface area contributed by atoms with Crippen LogP contribution in [0.25, 0.3) is 32.7 Å². The first-order valence-corrected chi connectivity index (χ1v) is 36.6. The minimum Gasteiger partial charge on any atom is -0.457 e. The van der Waals surface area contributed by atoms with Crippen LogP contribution in [0.4, 0.5) is 34.1 Å². The Kier molecular flexibility index (Phi) is 21.5. The molecule has 0 heterocycles. The van der Waals surface area contributed by atoms with E-state index in [1.807, 2.05) is 0 Å². The van der Waals surface area contributed by atoms with Crippen LogP contribution >= 0.6 is 0 Å². The molecule has 0 radical (unpaired) electrons. The maximum absolute atomic E-state index is 13.6. The van der Waals surface area contributed by atoms with Crippen LogP contribution in [0.5, 0.6) is 0 Å². The van der Waals surface area contributed by atoms with Crippen molar-refractivity contribution in [3.63, 3.8) is 0 Å². The van der Waals surface area contributed by atoms with Gasteiger partial charge in [-0.3, -0.25) is 19.2 Å². The molecule has 3 aliphatic carbocycles. The van der Waals surface area contributed by atoms with Crippen LogP contribution in [0.1, 0.15) is 225 Å². The van der Waals surface area contributed by atoms with Crippen molar-refractivity contribution in [1.29, 1.82) is 0 Å². The quantitative estimate of drug-likeness (QED) is 0.0267. The van der Waals surface area contributed by atoms with Crippen molar-refractivity contribution in [3.05, 3.63) is 263 Å². The number of anilines is 6. The normalized spacial score (nSPS) is 16.4. The summed E-state index contributed by atoms with van der Waals surface area (Å²) >= 11 is 0. The molecule has 3 aliphatic rings. The van der Waals surface area contributed by atoms with Crippen LogP contribution < -0.4 is 9.80 Å². The second-order valence-electron chi connectivity index (χ2n) is 27.2. The lowest BCUT2D eigenvalue weighted by atomic mass is 9.67. The van der Waals surface area contributed by atoms with Crippen molar-refractivity contribution >= 4 is 79.5 Å². The van der Waals surface area contributed by atoms with Crippen molar-refractivity contribution in [2.75, 3.05) is 9.80 Å². The molecule has 0 N–H and O–H groups in total. The van der Waals surface area contributed by atoms with E-state index in [2.05, 4.69) is 256 Å². The lowest BCUT2D eigenvalue weighted by Gasteiger charge is -2.36. The van der Waals surface area contributed by atoms with Crippen LogP contribution in [0.2, 0.25) is 0 Å². The molecule has 10 nitrogen and oxygen atoms in total. The van der Waals surface area contributed by atoms with Gasteiger partial charge in [-0.1, -0.05) is 225 Å². The topological polar surface area (TPSA) is 112 Å². The number of hydrogen-bond acceptors (Lipinski definition) is 10. The predicted molar refractivity (Wildman–Crippen MR) is 398 cm³/mol. The number of unbranched alkanes of at least 4 members (excludes halogenated alkanes) is 8. The number of nitrogens with zero attached hydrogens (tertiary/aromatic N) is 2. The van der Waals surface area contributed by atoms with Crippen molar-refractivity contribution < 1.29 is 38.1 Å². The van der Waals surface area contributed by atoms with E-state index in [9.17, 15) is 19.2 Å². The summed E-state index contributed by atoms with van der Waals surface area (Å²) in [6.45, 7) is 8.53. The smallest absolute Gasteiger partial charge is 0.306 e. The van der Waals surface area contributed by atoms with Gasteiger partial charge in [0, 0.05) is 70.9 Å². The molecule has 0 fully saturated rings. The zero-order chi connectivity index (χ0) is 68.2. The summed E-state index contributed by atoms with van der Waals surface area (Å²) in [5.74, 6) is -0.825. The highest BCUT2D eigenvalue weighted by molar-refractivity contribution is 5.92. The third-order valence-corrected chi connectivity index (χ3v) is 20.5. The summed E-state index contributed by atoms with van der Waals surface area (Å²) in [4.78, 5) is 58.7. The third kappa shape index (κ3) is 14.6. The molecule has 13 rings (SSSR count). The number of benzene rings is 10. The van der Waals surface area contributed by atoms with E-state index in [-0.39, 0.29) is 23.9 Å². The summed E-state index contributed by atoms with van der Waals surface area (Å²) < 4.78 is 25.4. The summed E-state index contributed by atoms with van der Waals surface area (Å²) in [7, 11) is 0. The van der Waals surface area contributed by atoms with E-state index in [1.54, 1.807) is 0 Å². The van der Waals surface area contributed by atoms with Gasteiger partial charge in [0.1, 0.15) is 24.4 Å². The minimum absolute atomic E-state index is 0.201. The van der Waals surface area contributed by atoms with E-state index in [0.717, 1.165) is 166 Å². The Labute approximate surface area is 584 Å². The Morgan fingerprint density at radius 3 is 0.960 bits per heavy atom. The van der Waals surface area contributed by atoms with Gasteiger partial charge in [-0.15, -0.1) is 0 Å². The fraction of sp³-hybridized carbons (Fsp3) is 0.326. The molecular weight excluding hydrogens is 1220 g/mol. The number of fused-ring (bicyclic) bond motifs is 7. The van der Waals surface area contributed by atoms with E-state index in [1.165, 1.54) is 22.3 Å². The molecular formula is C89H92N2O8. The Morgan fingerprint density at radius 2 is 0.606 bits per heavy atom. The van der Waals surface area contributed by atoms with Gasteiger partial charge in [0.05, 0.1) is 5.41 Å². The minimum atomic E-state index is -0.766. The molecule has 10 heteroatoms. The van der Waals surface area contributed by atoms with E-state index in [0.29, 0.717) is 51.4 Å². The van der Waals surface area contributed by atoms with Gasteiger partial charge in [0.2, 0.25) is 0 Å². The van der Waals surface area contributed by atoms with Gasteiger partial charge < -0.3 is 28.7 Å². The molecule has 99 heavy (non-hydrogen) atoms. The van der Waals surface area contributed by atoms with Gasteiger partial charge in [-0.2, -0.15) is 0 Å². The molecule has 0 saturated carbocycles. The highest BCUT2D eigenvalue weighted by atomic mass is 16.6. The first kappa shape index (κ1) is 67.8. The van der Waals surface area contributed by atoms with Crippen molar-refractivity contribution in [1.82, 2.24) is 0 Å². The number of rotatable bonds is 28. The number of ether oxygens (including phenoxy) is 4. The fourth-order valence-electron chi connectivity index (χ4n) is 15.5. The molecule has 0 aromatic heterocycles. The summed E-state index contributed by atoms with van der Waals surface area (Å²) in [6.07, 6.45) is 12.7. The molecule has 506 valence electrons. The van der Waals surface area contributed by atoms with Crippen LogP contribution in [-0.4, -0.2) is 23.9 Å². The van der Waals surface area contributed by atoms with Crippen LogP contribution in [-0.2, 0) is 43.5 Å². The van der Waals surface area contributed by atoms with Crippen LogP contribution in [0, 0.1) is 0 Å². The zero-order valence-corrected chi connectivity index (χ0v) is 57.9. The maximum Gasteiger partial charge on any atom is 0.306 e. The molecule has 4 unspecified atom stereocenters. The lowest BCUT2D eigenvalue weighted by Crippen LogP contribution is -2.28. The van der Waals surface area contributed by atoms with Crippen LogP contribution in [0.3, 0.4) is 0 Å². The van der Waals surface area contributed by atoms with Crippen molar-refractivity contribution in [3.8, 4) is 11.1 Å². The Balaban J connectivity index is 0.922. The molecule has 0 amide bonds. The molecule has 0 saturated heterocycles. The summed E-state index contributed by atoms with van der Waals surface area (Å²) in [6, 6.07) is 78.5. The Bertz CT molecular complexity index is 4210. The molecule has 0 aliphatic heterocycles. The lowest BCUT2D eigenvalue weighted by molar-refractivity contribution is -0.156. The summed E-state index contributed by atoms with van der Waals surface area (Å²) in [5.41, 5.74) is 15.2.